The van der Waals surface area contributed by atoms with Crippen LogP contribution >= 0.6 is 11.6 Å². The largest absolute Gasteiger partial charge is 0.368 e. The highest BCUT2D eigenvalue weighted by atomic mass is 35.5. The molecule has 0 atom stereocenters. The summed E-state index contributed by atoms with van der Waals surface area (Å²) in [5.41, 5.74) is 1.50. The number of hydrogen-bond acceptors (Lipinski definition) is 3. The molecule has 1 aromatic carbocycles. The second-order valence-electron chi connectivity index (χ2n) is 4.68. The molecule has 0 aliphatic carbocycles. The highest BCUT2D eigenvalue weighted by Crippen LogP contribution is 2.28. The predicted molar refractivity (Wildman–Crippen MR) is 82.4 cm³/mol. The number of nitrogens with zero attached hydrogens (tertiary/aromatic N) is 1. The van der Waals surface area contributed by atoms with Crippen molar-refractivity contribution in [1.82, 2.24) is 4.98 Å². The van der Waals surface area contributed by atoms with Gasteiger partial charge in [-0.2, -0.15) is 0 Å². The van der Waals surface area contributed by atoms with E-state index in [1.807, 2.05) is 19.9 Å². The number of hydrogen-bond donors (Lipinski definition) is 2. The summed E-state index contributed by atoms with van der Waals surface area (Å²) in [5.74, 6) is -1.54. The van der Waals surface area contributed by atoms with Crippen molar-refractivity contribution in [2.75, 3.05) is 17.2 Å². The van der Waals surface area contributed by atoms with Crippen LogP contribution in [0.25, 0.3) is 0 Å². The van der Waals surface area contributed by atoms with Crippen molar-refractivity contribution in [2.45, 2.75) is 20.3 Å². The lowest BCUT2D eigenvalue weighted by molar-refractivity contribution is 0.579. The van der Waals surface area contributed by atoms with Gasteiger partial charge in [0.25, 0.3) is 0 Å². The Morgan fingerprint density at radius 2 is 1.86 bits per heavy atom. The van der Waals surface area contributed by atoms with E-state index >= 15 is 0 Å². The first kappa shape index (κ1) is 15.5. The average Bonchev–Trinajstić information content (AvgIpc) is 2.43. The molecular formula is C15H16ClF2N3. The van der Waals surface area contributed by atoms with Crippen LogP contribution in [-0.2, 0) is 0 Å². The van der Waals surface area contributed by atoms with Gasteiger partial charge in [0.1, 0.15) is 0 Å². The van der Waals surface area contributed by atoms with Gasteiger partial charge in [-0.15, -0.1) is 0 Å². The predicted octanol–water partition coefficient (Wildman–Crippen LogP) is 4.89. The number of halogens is 3. The van der Waals surface area contributed by atoms with Gasteiger partial charge < -0.3 is 10.6 Å². The van der Waals surface area contributed by atoms with Crippen molar-refractivity contribution >= 4 is 28.9 Å². The number of nitrogens with one attached hydrogen (secondary N) is 2. The number of anilines is 3. The van der Waals surface area contributed by atoms with Gasteiger partial charge in [-0.05, 0) is 31.0 Å². The molecule has 0 radical (unpaired) electrons. The standard InChI is InChI=1S/C15H16ClF2N3/c1-3-6-19-14-11(17)8-12(18)15(21-14)20-13-5-4-9(2)7-10(13)16/h4-5,7-8H,3,6H2,1-2H3,(H2,19,20,21). The lowest BCUT2D eigenvalue weighted by Gasteiger charge is -2.12. The molecule has 0 aliphatic rings. The van der Waals surface area contributed by atoms with Gasteiger partial charge in [-0.3, -0.25) is 0 Å². The molecule has 1 aromatic heterocycles. The van der Waals surface area contributed by atoms with Crippen LogP contribution in [0.15, 0.2) is 24.3 Å². The van der Waals surface area contributed by atoms with E-state index in [-0.39, 0.29) is 11.6 Å². The fourth-order valence-corrected chi connectivity index (χ4v) is 2.05. The quantitative estimate of drug-likeness (QED) is 0.825. The zero-order valence-electron chi connectivity index (χ0n) is 11.8. The minimum Gasteiger partial charge on any atom is -0.368 e. The van der Waals surface area contributed by atoms with Crippen molar-refractivity contribution in [3.63, 3.8) is 0 Å². The second-order valence-corrected chi connectivity index (χ2v) is 5.09. The van der Waals surface area contributed by atoms with E-state index in [4.69, 9.17) is 11.6 Å². The summed E-state index contributed by atoms with van der Waals surface area (Å²) in [4.78, 5) is 3.94. The Labute approximate surface area is 127 Å². The lowest BCUT2D eigenvalue weighted by atomic mass is 10.2. The van der Waals surface area contributed by atoms with E-state index < -0.39 is 11.6 Å². The van der Waals surface area contributed by atoms with Crippen molar-refractivity contribution in [1.29, 1.82) is 0 Å². The summed E-state index contributed by atoms with van der Waals surface area (Å²) >= 11 is 6.08. The van der Waals surface area contributed by atoms with Gasteiger partial charge in [0.15, 0.2) is 23.3 Å². The summed E-state index contributed by atoms with van der Waals surface area (Å²) in [5, 5.41) is 6.05. The molecule has 2 aromatic rings. The van der Waals surface area contributed by atoms with E-state index in [0.29, 0.717) is 17.3 Å². The van der Waals surface area contributed by atoms with Crippen molar-refractivity contribution in [2.24, 2.45) is 0 Å². The fourth-order valence-electron chi connectivity index (χ4n) is 1.77. The van der Waals surface area contributed by atoms with Crippen LogP contribution in [0.4, 0.5) is 26.1 Å². The first-order valence-corrected chi connectivity index (χ1v) is 7.02. The van der Waals surface area contributed by atoms with Crippen LogP contribution in [0.3, 0.4) is 0 Å². The zero-order chi connectivity index (χ0) is 15.4. The van der Waals surface area contributed by atoms with E-state index in [0.717, 1.165) is 18.1 Å². The minimum atomic E-state index is -0.772. The van der Waals surface area contributed by atoms with E-state index in [2.05, 4.69) is 15.6 Å². The Morgan fingerprint density at radius 3 is 2.52 bits per heavy atom. The number of pyridine rings is 1. The first-order chi connectivity index (χ1) is 10.0. The summed E-state index contributed by atoms with van der Waals surface area (Å²) in [6, 6.07) is 6.12. The molecule has 2 rings (SSSR count). The second kappa shape index (κ2) is 6.72. The maximum atomic E-state index is 13.8. The molecule has 0 spiro atoms. The zero-order valence-corrected chi connectivity index (χ0v) is 12.6. The van der Waals surface area contributed by atoms with Crippen LogP contribution in [0.1, 0.15) is 18.9 Å². The highest BCUT2D eigenvalue weighted by molar-refractivity contribution is 6.33. The molecule has 112 valence electrons. The Balaban J connectivity index is 2.30. The molecule has 0 amide bonds. The van der Waals surface area contributed by atoms with Gasteiger partial charge in [0.2, 0.25) is 0 Å². The van der Waals surface area contributed by atoms with E-state index in [1.54, 1.807) is 12.1 Å². The van der Waals surface area contributed by atoms with Crippen LogP contribution in [-0.4, -0.2) is 11.5 Å². The number of aryl methyl sites for hydroxylation is 1. The first-order valence-electron chi connectivity index (χ1n) is 6.64. The van der Waals surface area contributed by atoms with Gasteiger partial charge in [-0.25, -0.2) is 13.8 Å². The van der Waals surface area contributed by atoms with Crippen LogP contribution in [0, 0.1) is 18.6 Å². The molecule has 0 fully saturated rings. The molecule has 2 N–H and O–H groups in total. The molecule has 3 nitrogen and oxygen atoms in total. The molecule has 21 heavy (non-hydrogen) atoms. The van der Waals surface area contributed by atoms with E-state index in [9.17, 15) is 8.78 Å². The smallest absolute Gasteiger partial charge is 0.169 e. The lowest BCUT2D eigenvalue weighted by Crippen LogP contribution is -2.07. The summed E-state index contributed by atoms with van der Waals surface area (Å²) in [6.45, 7) is 4.40. The number of benzene rings is 1. The third kappa shape index (κ3) is 3.82. The number of aromatic nitrogens is 1. The number of rotatable bonds is 5. The topological polar surface area (TPSA) is 37.0 Å². The Kier molecular flexibility index (Phi) is 4.96. The maximum absolute atomic E-state index is 13.8. The van der Waals surface area contributed by atoms with Crippen molar-refractivity contribution in [3.8, 4) is 0 Å². The third-order valence-electron chi connectivity index (χ3n) is 2.85. The Bertz CT molecular complexity index is 647. The van der Waals surface area contributed by atoms with Crippen molar-refractivity contribution in [3.05, 3.63) is 46.5 Å². The van der Waals surface area contributed by atoms with Gasteiger partial charge in [-0.1, -0.05) is 24.6 Å². The van der Waals surface area contributed by atoms with Crippen LogP contribution in [0.2, 0.25) is 5.02 Å². The average molecular weight is 312 g/mol. The van der Waals surface area contributed by atoms with Gasteiger partial charge in [0, 0.05) is 12.6 Å². The van der Waals surface area contributed by atoms with Gasteiger partial charge in [0.05, 0.1) is 10.7 Å². The third-order valence-corrected chi connectivity index (χ3v) is 3.16. The highest BCUT2D eigenvalue weighted by Gasteiger charge is 2.13. The molecule has 0 aliphatic heterocycles. The molecule has 0 bridgehead atoms. The van der Waals surface area contributed by atoms with Gasteiger partial charge >= 0.3 is 0 Å². The molecule has 0 saturated heterocycles. The minimum absolute atomic E-state index is 0.0176. The monoisotopic (exact) mass is 311 g/mol. The molecule has 6 heteroatoms. The Morgan fingerprint density at radius 1 is 1.14 bits per heavy atom. The van der Waals surface area contributed by atoms with Crippen LogP contribution < -0.4 is 10.6 Å². The summed E-state index contributed by atoms with van der Waals surface area (Å²) in [6.07, 6.45) is 0.811. The molecular weight excluding hydrogens is 296 g/mol. The molecule has 0 unspecified atom stereocenters. The van der Waals surface area contributed by atoms with E-state index in [1.165, 1.54) is 0 Å². The summed E-state index contributed by atoms with van der Waals surface area (Å²) in [7, 11) is 0. The van der Waals surface area contributed by atoms with Crippen LogP contribution in [0.5, 0.6) is 0 Å². The molecule has 1 heterocycles. The van der Waals surface area contributed by atoms with Crippen molar-refractivity contribution < 1.29 is 8.78 Å². The SMILES string of the molecule is CCCNc1nc(Nc2ccc(C)cc2Cl)c(F)cc1F. The normalized spacial score (nSPS) is 10.5. The molecule has 0 saturated carbocycles. The maximum Gasteiger partial charge on any atom is 0.169 e. The summed E-state index contributed by atoms with van der Waals surface area (Å²) < 4.78 is 27.4. The Hall–Kier alpha value is -1.88. The fraction of sp³-hybridized carbons (Fsp3) is 0.267.